The van der Waals surface area contributed by atoms with Gasteiger partial charge in [-0.15, -0.1) is 5.06 Å². The van der Waals surface area contributed by atoms with Crippen LogP contribution in [0.4, 0.5) is 11.4 Å². The van der Waals surface area contributed by atoms with E-state index in [1.807, 2.05) is 0 Å². The first-order valence-corrected chi connectivity index (χ1v) is 14.6. The van der Waals surface area contributed by atoms with E-state index < -0.39 is 33.3 Å². The SMILES string of the molecule is Cn1cnc(S(=O)(=O)Nc2ccc3c(c2)N(OC(=O)C(C)(C)C)C(=O)/C3=C(\OC(=O)c2ccccc2)c2ccccc2)c1. The predicted octanol–water partition coefficient (Wildman–Crippen LogP) is 4.80. The molecule has 3 aromatic carbocycles. The van der Waals surface area contributed by atoms with Crippen molar-refractivity contribution >= 4 is 50.6 Å². The number of anilines is 2. The van der Waals surface area contributed by atoms with Gasteiger partial charge in [0.1, 0.15) is 0 Å². The highest BCUT2D eigenvalue weighted by atomic mass is 32.2. The van der Waals surface area contributed by atoms with Crippen molar-refractivity contribution in [1.29, 1.82) is 0 Å². The highest BCUT2D eigenvalue weighted by Crippen LogP contribution is 2.43. The number of aryl methyl sites for hydroxylation is 1. The average Bonchev–Trinajstić information content (AvgIpc) is 3.53. The first kappa shape index (κ1) is 29.3. The molecule has 0 saturated heterocycles. The van der Waals surface area contributed by atoms with Crippen molar-refractivity contribution in [2.24, 2.45) is 12.5 Å². The summed E-state index contributed by atoms with van der Waals surface area (Å²) in [6.07, 6.45) is 2.69. The number of esters is 1. The molecule has 220 valence electrons. The van der Waals surface area contributed by atoms with Crippen LogP contribution in [-0.2, 0) is 36.2 Å². The van der Waals surface area contributed by atoms with Gasteiger partial charge < -0.3 is 14.1 Å². The van der Waals surface area contributed by atoms with E-state index in [1.165, 1.54) is 35.3 Å². The molecule has 0 spiro atoms. The second-order valence-corrected chi connectivity index (χ2v) is 12.4. The molecule has 0 unspecified atom stereocenters. The van der Waals surface area contributed by atoms with E-state index in [2.05, 4.69) is 9.71 Å². The molecule has 0 aliphatic carbocycles. The molecule has 11 nitrogen and oxygen atoms in total. The van der Waals surface area contributed by atoms with Gasteiger partial charge >= 0.3 is 11.9 Å². The lowest BCUT2D eigenvalue weighted by Gasteiger charge is -2.22. The van der Waals surface area contributed by atoms with E-state index in [0.29, 0.717) is 5.56 Å². The Kier molecular flexibility index (Phi) is 7.63. The third kappa shape index (κ3) is 6.04. The predicted molar refractivity (Wildman–Crippen MR) is 159 cm³/mol. The summed E-state index contributed by atoms with van der Waals surface area (Å²) in [6.45, 7) is 4.88. The standard InChI is InChI=1S/C31H28N4O7S/c1-31(2,3)30(38)42-35-24-17-22(33-43(39,40)25-18-34(4)19-32-25)15-16-23(24)26(28(35)36)27(20-11-7-5-8-12-20)41-29(37)21-13-9-6-10-14-21/h5-19,33H,1-4H3/b27-26-. The second-order valence-electron chi connectivity index (χ2n) is 10.8. The van der Waals surface area contributed by atoms with Crippen molar-refractivity contribution in [3.05, 3.63) is 108 Å². The van der Waals surface area contributed by atoms with Gasteiger partial charge in [0.2, 0.25) is 0 Å². The lowest BCUT2D eigenvalue weighted by Crippen LogP contribution is -2.35. The zero-order chi connectivity index (χ0) is 30.9. The molecule has 43 heavy (non-hydrogen) atoms. The molecular weight excluding hydrogens is 572 g/mol. The Morgan fingerprint density at radius 3 is 2.12 bits per heavy atom. The molecule has 1 aliphatic heterocycles. The summed E-state index contributed by atoms with van der Waals surface area (Å²) in [5, 5.41) is 0.582. The second kappa shape index (κ2) is 11.2. The highest BCUT2D eigenvalue weighted by Gasteiger charge is 2.41. The number of nitrogens with zero attached hydrogens (tertiary/aromatic N) is 3. The van der Waals surface area contributed by atoms with Crippen LogP contribution in [0.15, 0.2) is 96.4 Å². The number of hydrogen-bond donors (Lipinski definition) is 1. The van der Waals surface area contributed by atoms with E-state index in [9.17, 15) is 22.8 Å². The first-order chi connectivity index (χ1) is 20.3. The van der Waals surface area contributed by atoms with E-state index in [4.69, 9.17) is 9.57 Å². The fraction of sp³-hybridized carbons (Fsp3) is 0.161. The molecule has 0 radical (unpaired) electrons. The van der Waals surface area contributed by atoms with Gasteiger partial charge in [-0.05, 0) is 51.1 Å². The van der Waals surface area contributed by atoms with Gasteiger partial charge in [-0.25, -0.2) is 14.6 Å². The highest BCUT2D eigenvalue weighted by molar-refractivity contribution is 7.92. The molecule has 2 heterocycles. The Morgan fingerprint density at radius 1 is 0.907 bits per heavy atom. The molecule has 4 aromatic rings. The maximum Gasteiger partial charge on any atom is 0.343 e. The average molecular weight is 601 g/mol. The van der Waals surface area contributed by atoms with E-state index in [0.717, 1.165) is 5.06 Å². The van der Waals surface area contributed by atoms with Gasteiger partial charge in [0, 0.05) is 24.4 Å². The van der Waals surface area contributed by atoms with Crippen molar-refractivity contribution in [3.63, 3.8) is 0 Å². The topological polar surface area (TPSA) is 137 Å². The van der Waals surface area contributed by atoms with E-state index in [-0.39, 0.29) is 38.9 Å². The lowest BCUT2D eigenvalue weighted by atomic mass is 9.98. The molecule has 1 amide bonds. The fourth-order valence-electron chi connectivity index (χ4n) is 4.14. The molecule has 1 aliphatic rings. The number of hydrogen-bond acceptors (Lipinski definition) is 8. The van der Waals surface area contributed by atoms with Crippen LogP contribution in [0.5, 0.6) is 0 Å². The van der Waals surface area contributed by atoms with Crippen LogP contribution in [0, 0.1) is 5.41 Å². The summed E-state index contributed by atoms with van der Waals surface area (Å²) in [6, 6.07) is 21.1. The van der Waals surface area contributed by atoms with Crippen LogP contribution in [0.1, 0.15) is 42.3 Å². The third-order valence-electron chi connectivity index (χ3n) is 6.35. The molecule has 0 fully saturated rings. The van der Waals surface area contributed by atoms with Gasteiger partial charge in [-0.2, -0.15) is 8.42 Å². The Hall–Kier alpha value is -5.23. The number of aromatic nitrogens is 2. The molecule has 5 rings (SSSR count). The van der Waals surface area contributed by atoms with Crippen LogP contribution < -0.4 is 9.79 Å². The number of fused-ring (bicyclic) bond motifs is 1. The number of rotatable bonds is 7. The van der Waals surface area contributed by atoms with Gasteiger partial charge in [-0.3, -0.25) is 9.52 Å². The number of amides is 1. The largest absolute Gasteiger partial charge is 0.421 e. The van der Waals surface area contributed by atoms with Crippen molar-refractivity contribution in [2.75, 3.05) is 9.79 Å². The summed E-state index contributed by atoms with van der Waals surface area (Å²) < 4.78 is 35.7. The monoisotopic (exact) mass is 600 g/mol. The van der Waals surface area contributed by atoms with Crippen LogP contribution in [0.25, 0.3) is 11.3 Å². The van der Waals surface area contributed by atoms with E-state index in [1.54, 1.807) is 88.5 Å². The lowest BCUT2D eigenvalue weighted by molar-refractivity contribution is -0.157. The summed E-state index contributed by atoms with van der Waals surface area (Å²) in [4.78, 5) is 49.6. The number of sulfonamides is 1. The summed E-state index contributed by atoms with van der Waals surface area (Å²) >= 11 is 0. The normalized spacial score (nSPS) is 14.2. The molecule has 1 aromatic heterocycles. The van der Waals surface area contributed by atoms with Gasteiger partial charge in [0.25, 0.3) is 15.9 Å². The number of carbonyl (C=O) groups excluding carboxylic acids is 3. The Labute approximate surface area is 248 Å². The molecular formula is C31H28N4O7S. The Morgan fingerprint density at radius 2 is 1.53 bits per heavy atom. The molecule has 1 N–H and O–H groups in total. The number of hydroxylamine groups is 1. The number of carbonyl (C=O) groups is 3. The van der Waals surface area contributed by atoms with Gasteiger partial charge in [0.05, 0.1) is 34.3 Å². The molecule has 0 saturated carbocycles. The maximum absolute atomic E-state index is 14.0. The Balaban J connectivity index is 1.65. The number of imidazole rings is 1. The first-order valence-electron chi connectivity index (χ1n) is 13.1. The van der Waals surface area contributed by atoms with Crippen molar-refractivity contribution in [3.8, 4) is 0 Å². The number of nitrogens with one attached hydrogen (secondary N) is 1. The van der Waals surface area contributed by atoms with Gasteiger partial charge in [0.15, 0.2) is 10.8 Å². The Bertz CT molecular complexity index is 1860. The minimum atomic E-state index is -4.08. The summed E-state index contributed by atoms with van der Waals surface area (Å²) in [7, 11) is -2.44. The minimum absolute atomic E-state index is 0.0497. The number of benzene rings is 3. The summed E-state index contributed by atoms with van der Waals surface area (Å²) in [5.41, 5.74) is 0.0643. The number of ether oxygens (including phenoxy) is 1. The maximum atomic E-state index is 14.0. The van der Waals surface area contributed by atoms with Crippen molar-refractivity contribution in [2.45, 2.75) is 25.8 Å². The molecule has 0 atom stereocenters. The zero-order valence-corrected chi connectivity index (χ0v) is 24.6. The van der Waals surface area contributed by atoms with Crippen LogP contribution >= 0.6 is 0 Å². The zero-order valence-electron chi connectivity index (χ0n) is 23.8. The quantitative estimate of drug-likeness (QED) is 0.182. The van der Waals surface area contributed by atoms with E-state index >= 15 is 0 Å². The minimum Gasteiger partial charge on any atom is -0.421 e. The summed E-state index contributed by atoms with van der Waals surface area (Å²) in [5.74, 6) is -2.25. The molecule has 12 heteroatoms. The van der Waals surface area contributed by atoms with Crippen LogP contribution in [0.2, 0.25) is 0 Å². The van der Waals surface area contributed by atoms with Crippen LogP contribution in [0.3, 0.4) is 0 Å². The van der Waals surface area contributed by atoms with Crippen LogP contribution in [-0.4, -0.2) is 35.8 Å². The van der Waals surface area contributed by atoms with Gasteiger partial charge in [-0.1, -0.05) is 48.5 Å². The molecule has 0 bridgehead atoms. The fourth-order valence-corrected chi connectivity index (χ4v) is 5.17. The smallest absolute Gasteiger partial charge is 0.343 e. The third-order valence-corrected chi connectivity index (χ3v) is 7.61. The van der Waals surface area contributed by atoms with Crippen molar-refractivity contribution < 1.29 is 32.4 Å². The van der Waals surface area contributed by atoms with Crippen molar-refractivity contribution in [1.82, 2.24) is 9.55 Å².